The van der Waals surface area contributed by atoms with Crippen LogP contribution in [-0.2, 0) is 9.47 Å². The van der Waals surface area contributed by atoms with E-state index in [-0.39, 0.29) is 16.9 Å². The first-order valence-electron chi connectivity index (χ1n) is 10.4. The van der Waals surface area contributed by atoms with Gasteiger partial charge in [-0.3, -0.25) is 15.1 Å². The van der Waals surface area contributed by atoms with Crippen LogP contribution in [0.3, 0.4) is 0 Å². The normalized spacial score (nSPS) is 13.8. The summed E-state index contributed by atoms with van der Waals surface area (Å²) in [5.74, 6) is -0.782. The van der Waals surface area contributed by atoms with Crippen LogP contribution in [0.5, 0.6) is 0 Å². The van der Waals surface area contributed by atoms with Gasteiger partial charge in [0, 0.05) is 29.9 Å². The molecule has 1 saturated heterocycles. The van der Waals surface area contributed by atoms with E-state index in [1.807, 2.05) is 24.8 Å². The summed E-state index contributed by atoms with van der Waals surface area (Å²) in [6, 6.07) is 8.57. The number of para-hydroxylation sites is 1. The molecule has 0 aliphatic carbocycles. The van der Waals surface area contributed by atoms with E-state index >= 15 is 0 Å². The van der Waals surface area contributed by atoms with Crippen LogP contribution in [0.1, 0.15) is 21.6 Å². The maximum atomic E-state index is 12.5. The zero-order chi connectivity index (χ0) is 23.7. The molecule has 1 aromatic heterocycles. The average Bonchev–Trinajstić information content (AvgIpc) is 2.82. The van der Waals surface area contributed by atoms with Gasteiger partial charge in [0.15, 0.2) is 0 Å². The molecule has 2 heterocycles. The van der Waals surface area contributed by atoms with Crippen LogP contribution in [0.4, 0.5) is 22.7 Å². The summed E-state index contributed by atoms with van der Waals surface area (Å²) >= 11 is 6.37. The number of esters is 1. The number of ether oxygens (including phenoxy) is 2. The van der Waals surface area contributed by atoms with Crippen LogP contribution in [0.25, 0.3) is 10.9 Å². The zero-order valence-corrected chi connectivity index (χ0v) is 19.2. The molecular formula is C23H23ClN4O5. The van der Waals surface area contributed by atoms with E-state index in [0.29, 0.717) is 48.2 Å². The number of nitro groups is 1. The Balaban J connectivity index is 1.95. The Morgan fingerprint density at radius 1 is 1.27 bits per heavy atom. The van der Waals surface area contributed by atoms with Gasteiger partial charge < -0.3 is 19.7 Å². The van der Waals surface area contributed by atoms with Crippen molar-refractivity contribution in [3.63, 3.8) is 0 Å². The number of morpholine rings is 1. The number of hydrogen-bond acceptors (Lipinski definition) is 8. The third kappa shape index (κ3) is 4.29. The minimum absolute atomic E-state index is 0.125. The molecule has 1 aliphatic heterocycles. The highest BCUT2D eigenvalue weighted by Crippen LogP contribution is 2.40. The third-order valence-corrected chi connectivity index (χ3v) is 6.08. The summed E-state index contributed by atoms with van der Waals surface area (Å²) in [6.07, 6.45) is 0. The molecule has 172 valence electrons. The number of halogens is 1. The molecule has 1 aliphatic rings. The minimum atomic E-state index is -0.782. The molecule has 0 radical (unpaired) electrons. The Kier molecular flexibility index (Phi) is 6.35. The van der Waals surface area contributed by atoms with Gasteiger partial charge in [-0.2, -0.15) is 0 Å². The van der Waals surface area contributed by atoms with E-state index in [0.717, 1.165) is 16.6 Å². The molecule has 9 nitrogen and oxygen atoms in total. The number of carbonyl (C=O) groups excluding carboxylic acids is 1. The van der Waals surface area contributed by atoms with Gasteiger partial charge in [0.2, 0.25) is 0 Å². The molecule has 0 amide bonds. The quantitative estimate of drug-likeness (QED) is 0.322. The van der Waals surface area contributed by atoms with Gasteiger partial charge in [0.25, 0.3) is 0 Å². The summed E-state index contributed by atoms with van der Waals surface area (Å²) in [6.45, 7) is 5.98. The molecule has 3 aromatic rings. The van der Waals surface area contributed by atoms with Crippen molar-refractivity contribution < 1.29 is 19.2 Å². The lowest BCUT2D eigenvalue weighted by Gasteiger charge is -2.29. The molecule has 10 heteroatoms. The van der Waals surface area contributed by atoms with Gasteiger partial charge in [0.05, 0.1) is 41.5 Å². The van der Waals surface area contributed by atoms with Crippen LogP contribution in [0.15, 0.2) is 30.3 Å². The predicted octanol–water partition coefficient (Wildman–Crippen LogP) is 4.78. The van der Waals surface area contributed by atoms with E-state index in [9.17, 15) is 14.9 Å². The summed E-state index contributed by atoms with van der Waals surface area (Å²) in [5.41, 5.74) is 3.14. The number of fused-ring (bicyclic) bond motifs is 1. The van der Waals surface area contributed by atoms with E-state index < -0.39 is 10.9 Å². The van der Waals surface area contributed by atoms with Crippen LogP contribution >= 0.6 is 11.6 Å². The van der Waals surface area contributed by atoms with E-state index in [2.05, 4.69) is 10.3 Å². The first kappa shape index (κ1) is 22.8. The highest BCUT2D eigenvalue weighted by atomic mass is 35.5. The predicted molar refractivity (Wildman–Crippen MR) is 127 cm³/mol. The Labute approximate surface area is 195 Å². The molecule has 0 saturated carbocycles. The van der Waals surface area contributed by atoms with Crippen LogP contribution in [0.2, 0.25) is 5.02 Å². The van der Waals surface area contributed by atoms with Gasteiger partial charge in [-0.1, -0.05) is 23.7 Å². The van der Waals surface area contributed by atoms with Crippen molar-refractivity contribution in [2.24, 2.45) is 0 Å². The van der Waals surface area contributed by atoms with Crippen molar-refractivity contribution in [1.29, 1.82) is 0 Å². The SMILES string of the molecule is COC(=O)c1cc(N2CCOCC2)cc(Nc2c(C)c(C)nc3c(Cl)cccc23)c1[N+](=O)[O-]. The number of hydrogen-bond donors (Lipinski definition) is 1. The number of benzene rings is 2. The van der Waals surface area contributed by atoms with Gasteiger partial charge in [0.1, 0.15) is 11.3 Å². The Hall–Kier alpha value is -3.43. The smallest absolute Gasteiger partial charge is 0.345 e. The van der Waals surface area contributed by atoms with E-state index in [4.69, 9.17) is 21.1 Å². The summed E-state index contributed by atoms with van der Waals surface area (Å²) in [4.78, 5) is 30.7. The second-order valence-electron chi connectivity index (χ2n) is 7.70. The van der Waals surface area contributed by atoms with Crippen LogP contribution < -0.4 is 10.2 Å². The average molecular weight is 471 g/mol. The number of rotatable bonds is 5. The van der Waals surface area contributed by atoms with Crippen molar-refractivity contribution in [2.45, 2.75) is 13.8 Å². The molecular weight excluding hydrogens is 448 g/mol. The van der Waals surface area contributed by atoms with Crippen molar-refractivity contribution in [3.05, 3.63) is 62.3 Å². The molecule has 0 bridgehead atoms. The number of nitrogens with zero attached hydrogens (tertiary/aromatic N) is 3. The molecule has 2 aromatic carbocycles. The molecule has 0 atom stereocenters. The fourth-order valence-corrected chi connectivity index (χ4v) is 4.16. The lowest BCUT2D eigenvalue weighted by Crippen LogP contribution is -2.36. The lowest BCUT2D eigenvalue weighted by molar-refractivity contribution is -0.384. The molecule has 1 N–H and O–H groups in total. The maximum Gasteiger partial charge on any atom is 0.345 e. The Morgan fingerprint density at radius 2 is 2.00 bits per heavy atom. The topological polar surface area (TPSA) is 107 Å². The summed E-state index contributed by atoms with van der Waals surface area (Å²) < 4.78 is 10.3. The van der Waals surface area contributed by atoms with Gasteiger partial charge in [-0.15, -0.1) is 0 Å². The minimum Gasteiger partial charge on any atom is -0.465 e. The fraction of sp³-hybridized carbons (Fsp3) is 0.304. The number of anilines is 3. The Bertz CT molecular complexity index is 1260. The first-order valence-corrected chi connectivity index (χ1v) is 10.8. The number of aromatic nitrogens is 1. The number of pyridine rings is 1. The van der Waals surface area contributed by atoms with Gasteiger partial charge >= 0.3 is 11.7 Å². The number of carbonyl (C=O) groups is 1. The molecule has 1 fully saturated rings. The number of nitro benzene ring substituents is 1. The molecule has 33 heavy (non-hydrogen) atoms. The largest absolute Gasteiger partial charge is 0.465 e. The van der Waals surface area contributed by atoms with Crippen molar-refractivity contribution in [2.75, 3.05) is 43.6 Å². The monoisotopic (exact) mass is 470 g/mol. The number of nitrogens with one attached hydrogen (secondary N) is 1. The first-order chi connectivity index (χ1) is 15.8. The van der Waals surface area contributed by atoms with Crippen molar-refractivity contribution in [3.8, 4) is 0 Å². The van der Waals surface area contributed by atoms with Gasteiger partial charge in [-0.05, 0) is 37.6 Å². The highest BCUT2D eigenvalue weighted by Gasteiger charge is 2.29. The molecule has 0 unspecified atom stereocenters. The maximum absolute atomic E-state index is 12.5. The third-order valence-electron chi connectivity index (χ3n) is 5.77. The fourth-order valence-electron chi connectivity index (χ4n) is 3.94. The Morgan fingerprint density at radius 3 is 2.67 bits per heavy atom. The van der Waals surface area contributed by atoms with Crippen molar-refractivity contribution >= 4 is 51.2 Å². The van der Waals surface area contributed by atoms with Crippen molar-refractivity contribution in [1.82, 2.24) is 4.98 Å². The number of methoxy groups -OCH3 is 1. The highest BCUT2D eigenvalue weighted by molar-refractivity contribution is 6.35. The summed E-state index contributed by atoms with van der Waals surface area (Å²) in [7, 11) is 1.20. The van der Waals surface area contributed by atoms with E-state index in [1.54, 1.807) is 18.2 Å². The standard InChI is InChI=1S/C23H23ClN4O5/c1-13-14(2)25-21-16(5-4-6-18(21)24)20(13)26-19-12-15(27-7-9-33-10-8-27)11-17(23(29)32-3)22(19)28(30)31/h4-6,11-12H,7-10H2,1-3H3,(H,25,26). The lowest BCUT2D eigenvalue weighted by atomic mass is 10.0. The van der Waals surface area contributed by atoms with E-state index in [1.165, 1.54) is 13.2 Å². The second-order valence-corrected chi connectivity index (χ2v) is 8.10. The molecule has 4 rings (SSSR count). The van der Waals surface area contributed by atoms with Crippen LogP contribution in [-0.4, -0.2) is 49.3 Å². The molecule has 0 spiro atoms. The van der Waals surface area contributed by atoms with Gasteiger partial charge in [-0.25, -0.2) is 4.79 Å². The zero-order valence-electron chi connectivity index (χ0n) is 18.5. The number of aryl methyl sites for hydroxylation is 1. The van der Waals surface area contributed by atoms with Crippen LogP contribution in [0, 0.1) is 24.0 Å². The second kappa shape index (κ2) is 9.21. The summed E-state index contributed by atoms with van der Waals surface area (Å²) in [5, 5.41) is 16.5.